The second-order valence-electron chi connectivity index (χ2n) is 8.44. The molecule has 3 atom stereocenters. The standard InChI is InChI=1S/C26H25F2NO2/c27-23-13-11-21(12-14-23)24-16-31-26(29(24)15-20-7-3-1-4-8-20)17-25(28,18-30-19-26)22-9-5-2-6-10-22/h1-14,24H,15-19H2/t24-,25+,26?/m1/s1. The quantitative estimate of drug-likeness (QED) is 0.565. The zero-order chi connectivity index (χ0) is 21.3. The number of benzene rings is 3. The van der Waals surface area contributed by atoms with Crippen molar-refractivity contribution in [1.82, 2.24) is 4.90 Å². The predicted octanol–water partition coefficient (Wildman–Crippen LogP) is 5.38. The Morgan fingerprint density at radius 1 is 0.871 bits per heavy atom. The minimum atomic E-state index is -1.65. The van der Waals surface area contributed by atoms with Gasteiger partial charge in [0.2, 0.25) is 0 Å². The highest BCUT2D eigenvalue weighted by atomic mass is 19.1. The van der Waals surface area contributed by atoms with E-state index in [-0.39, 0.29) is 31.5 Å². The van der Waals surface area contributed by atoms with Gasteiger partial charge in [-0.3, -0.25) is 4.90 Å². The molecule has 31 heavy (non-hydrogen) atoms. The zero-order valence-electron chi connectivity index (χ0n) is 17.2. The number of hydrogen-bond acceptors (Lipinski definition) is 3. The topological polar surface area (TPSA) is 21.7 Å². The SMILES string of the molecule is Fc1ccc([C@H]2COC3(COC[C@](F)(c4ccccc4)C3)N2Cc2ccccc2)cc1. The number of hydrogen-bond donors (Lipinski definition) is 0. The Kier molecular flexibility index (Phi) is 5.34. The fraction of sp³-hybridized carbons (Fsp3) is 0.308. The van der Waals surface area contributed by atoms with Gasteiger partial charge in [-0.15, -0.1) is 0 Å². The van der Waals surface area contributed by atoms with Crippen LogP contribution in [0.3, 0.4) is 0 Å². The predicted molar refractivity (Wildman–Crippen MR) is 114 cm³/mol. The maximum Gasteiger partial charge on any atom is 0.163 e. The largest absolute Gasteiger partial charge is 0.373 e. The Balaban J connectivity index is 1.52. The highest BCUT2D eigenvalue weighted by molar-refractivity contribution is 5.27. The van der Waals surface area contributed by atoms with Crippen LogP contribution in [-0.2, 0) is 21.7 Å². The van der Waals surface area contributed by atoms with Gasteiger partial charge < -0.3 is 9.47 Å². The van der Waals surface area contributed by atoms with Crippen molar-refractivity contribution in [2.45, 2.75) is 30.4 Å². The summed E-state index contributed by atoms with van der Waals surface area (Å²) in [5.41, 5.74) is 0.102. The summed E-state index contributed by atoms with van der Waals surface area (Å²) >= 11 is 0. The van der Waals surface area contributed by atoms with E-state index in [0.29, 0.717) is 18.7 Å². The minimum absolute atomic E-state index is 0.00250. The normalized spacial score (nSPS) is 28.8. The summed E-state index contributed by atoms with van der Waals surface area (Å²) in [5.74, 6) is -0.278. The van der Waals surface area contributed by atoms with Gasteiger partial charge in [0.1, 0.15) is 11.5 Å². The molecule has 5 heteroatoms. The van der Waals surface area contributed by atoms with Crippen molar-refractivity contribution in [1.29, 1.82) is 0 Å². The van der Waals surface area contributed by atoms with Crippen molar-refractivity contribution in [3.63, 3.8) is 0 Å². The highest BCUT2D eigenvalue weighted by Crippen LogP contribution is 2.48. The maximum atomic E-state index is 16.2. The summed E-state index contributed by atoms with van der Waals surface area (Å²) in [6, 6.07) is 25.6. The van der Waals surface area contributed by atoms with Gasteiger partial charge in [0.05, 0.1) is 25.9 Å². The van der Waals surface area contributed by atoms with Crippen LogP contribution in [0.4, 0.5) is 8.78 Å². The average molecular weight is 421 g/mol. The van der Waals surface area contributed by atoms with Gasteiger partial charge in [-0.25, -0.2) is 8.78 Å². The Morgan fingerprint density at radius 2 is 1.55 bits per heavy atom. The van der Waals surface area contributed by atoms with Crippen molar-refractivity contribution in [3.05, 3.63) is 107 Å². The Hall–Kier alpha value is -2.60. The van der Waals surface area contributed by atoms with E-state index in [4.69, 9.17) is 9.47 Å². The van der Waals surface area contributed by atoms with Gasteiger partial charge in [0, 0.05) is 13.0 Å². The molecule has 2 aliphatic heterocycles. The molecular weight excluding hydrogens is 396 g/mol. The van der Waals surface area contributed by atoms with E-state index in [1.165, 1.54) is 12.1 Å². The molecular formula is C26H25F2NO2. The molecule has 3 aromatic rings. The molecule has 0 bridgehead atoms. The molecule has 2 heterocycles. The Morgan fingerprint density at radius 3 is 2.26 bits per heavy atom. The molecule has 1 spiro atoms. The van der Waals surface area contributed by atoms with Gasteiger partial charge in [-0.2, -0.15) is 0 Å². The molecule has 2 saturated heterocycles. The van der Waals surface area contributed by atoms with E-state index in [2.05, 4.69) is 17.0 Å². The molecule has 5 rings (SSSR count). The van der Waals surface area contributed by atoms with Crippen molar-refractivity contribution in [2.75, 3.05) is 19.8 Å². The maximum absolute atomic E-state index is 16.2. The molecule has 0 amide bonds. The number of halogens is 2. The first-order valence-electron chi connectivity index (χ1n) is 10.6. The minimum Gasteiger partial charge on any atom is -0.373 e. The van der Waals surface area contributed by atoms with E-state index < -0.39 is 11.4 Å². The molecule has 0 aliphatic carbocycles. The molecule has 0 saturated carbocycles. The van der Waals surface area contributed by atoms with Crippen LogP contribution in [0.2, 0.25) is 0 Å². The summed E-state index contributed by atoms with van der Waals surface area (Å²) < 4.78 is 42.0. The summed E-state index contributed by atoms with van der Waals surface area (Å²) in [7, 11) is 0. The monoisotopic (exact) mass is 421 g/mol. The van der Waals surface area contributed by atoms with E-state index in [0.717, 1.165) is 11.1 Å². The van der Waals surface area contributed by atoms with Gasteiger partial charge in [0.25, 0.3) is 0 Å². The molecule has 2 fully saturated rings. The lowest BCUT2D eigenvalue weighted by Crippen LogP contribution is -2.57. The van der Waals surface area contributed by atoms with Crippen LogP contribution in [0.15, 0.2) is 84.9 Å². The summed E-state index contributed by atoms with van der Waals surface area (Å²) in [5, 5.41) is 0. The molecule has 0 aromatic heterocycles. The van der Waals surface area contributed by atoms with Crippen LogP contribution in [0.5, 0.6) is 0 Å². The summed E-state index contributed by atoms with van der Waals surface area (Å²) in [6.07, 6.45) is 0.175. The molecule has 3 aromatic carbocycles. The first-order valence-corrected chi connectivity index (χ1v) is 10.6. The number of alkyl halides is 1. The van der Waals surface area contributed by atoms with Gasteiger partial charge in [0.15, 0.2) is 5.67 Å². The second-order valence-corrected chi connectivity index (χ2v) is 8.44. The van der Waals surface area contributed by atoms with Crippen LogP contribution >= 0.6 is 0 Å². The van der Waals surface area contributed by atoms with E-state index in [1.807, 2.05) is 36.4 Å². The third-order valence-electron chi connectivity index (χ3n) is 6.37. The lowest BCUT2D eigenvalue weighted by atomic mass is 9.85. The first kappa shape index (κ1) is 20.3. The fourth-order valence-electron chi connectivity index (χ4n) is 4.80. The van der Waals surface area contributed by atoms with E-state index >= 15 is 4.39 Å². The highest BCUT2D eigenvalue weighted by Gasteiger charge is 2.56. The smallest absolute Gasteiger partial charge is 0.163 e. The van der Waals surface area contributed by atoms with Crippen molar-refractivity contribution in [3.8, 4) is 0 Å². The molecule has 3 nitrogen and oxygen atoms in total. The summed E-state index contributed by atoms with van der Waals surface area (Å²) in [4.78, 5) is 2.19. The van der Waals surface area contributed by atoms with Crippen molar-refractivity contribution < 1.29 is 18.3 Å². The van der Waals surface area contributed by atoms with Crippen LogP contribution in [0, 0.1) is 5.82 Å². The molecule has 0 radical (unpaired) electrons. The number of nitrogens with zero attached hydrogens (tertiary/aromatic N) is 1. The summed E-state index contributed by atoms with van der Waals surface area (Å²) in [6.45, 7) is 1.27. The Bertz CT molecular complexity index is 1010. The van der Waals surface area contributed by atoms with Crippen LogP contribution in [-0.4, -0.2) is 30.4 Å². The van der Waals surface area contributed by atoms with Crippen molar-refractivity contribution >= 4 is 0 Å². The first-order chi connectivity index (χ1) is 15.1. The van der Waals surface area contributed by atoms with Crippen LogP contribution in [0.1, 0.15) is 29.2 Å². The lowest BCUT2D eigenvalue weighted by molar-refractivity contribution is -0.212. The Labute approximate surface area is 181 Å². The number of rotatable bonds is 4. The zero-order valence-corrected chi connectivity index (χ0v) is 17.2. The van der Waals surface area contributed by atoms with Gasteiger partial charge in [-0.1, -0.05) is 72.8 Å². The molecule has 2 aliphatic rings. The molecule has 0 N–H and O–H groups in total. The third-order valence-corrected chi connectivity index (χ3v) is 6.37. The average Bonchev–Trinajstić information content (AvgIpc) is 3.12. The molecule has 1 unspecified atom stereocenters. The number of ether oxygens (including phenoxy) is 2. The van der Waals surface area contributed by atoms with Gasteiger partial charge in [-0.05, 0) is 28.8 Å². The second kappa shape index (κ2) is 8.15. The van der Waals surface area contributed by atoms with E-state index in [1.54, 1.807) is 24.3 Å². The fourth-order valence-corrected chi connectivity index (χ4v) is 4.80. The molecule has 160 valence electrons. The van der Waals surface area contributed by atoms with Gasteiger partial charge >= 0.3 is 0 Å². The lowest BCUT2D eigenvalue weighted by Gasteiger charge is -2.46. The van der Waals surface area contributed by atoms with E-state index in [9.17, 15) is 4.39 Å². The third kappa shape index (κ3) is 3.89. The van der Waals surface area contributed by atoms with Crippen LogP contribution < -0.4 is 0 Å². The van der Waals surface area contributed by atoms with Crippen LogP contribution in [0.25, 0.3) is 0 Å². The van der Waals surface area contributed by atoms with Crippen molar-refractivity contribution in [2.24, 2.45) is 0 Å².